The van der Waals surface area contributed by atoms with Crippen molar-refractivity contribution >= 4 is 28.9 Å². The molecule has 1 N–H and O–H groups in total. The molecule has 24 heavy (non-hydrogen) atoms. The molecule has 0 saturated heterocycles. The average Bonchev–Trinajstić information content (AvgIpc) is 3.24. The van der Waals surface area contributed by atoms with Crippen molar-refractivity contribution < 1.29 is 19.1 Å². The second-order valence-corrected chi connectivity index (χ2v) is 5.78. The van der Waals surface area contributed by atoms with Gasteiger partial charge in [-0.1, -0.05) is 35.0 Å². The molecule has 0 saturated carbocycles. The molecule has 1 atom stereocenters. The van der Waals surface area contributed by atoms with Crippen molar-refractivity contribution in [1.29, 1.82) is 0 Å². The molecule has 6 nitrogen and oxygen atoms in total. The van der Waals surface area contributed by atoms with Gasteiger partial charge in [0.1, 0.15) is 0 Å². The summed E-state index contributed by atoms with van der Waals surface area (Å²) in [4.78, 5) is 17.6. The fourth-order valence-electron chi connectivity index (χ4n) is 2.57. The monoisotopic (exact) mass is 344 g/mol. The van der Waals surface area contributed by atoms with E-state index in [2.05, 4.69) is 10.5 Å². The normalized spacial score (nSPS) is 18.0. The first kappa shape index (κ1) is 14.8. The maximum Gasteiger partial charge on any atom is 0.268 e. The number of amides is 1. The molecule has 2 aromatic rings. The van der Waals surface area contributed by atoms with Crippen LogP contribution in [0.5, 0.6) is 11.5 Å². The van der Waals surface area contributed by atoms with Crippen molar-refractivity contribution in [3.05, 3.63) is 53.1 Å². The van der Waals surface area contributed by atoms with Gasteiger partial charge >= 0.3 is 0 Å². The number of fused-ring (bicyclic) bond motifs is 1. The van der Waals surface area contributed by atoms with Crippen LogP contribution >= 0.6 is 11.6 Å². The van der Waals surface area contributed by atoms with Crippen molar-refractivity contribution in [2.24, 2.45) is 5.16 Å². The Morgan fingerprint density at radius 3 is 2.88 bits per heavy atom. The van der Waals surface area contributed by atoms with Crippen LogP contribution in [0.25, 0.3) is 0 Å². The predicted molar refractivity (Wildman–Crippen MR) is 88.7 cm³/mol. The first-order valence-electron chi connectivity index (χ1n) is 7.39. The molecule has 1 amide bonds. The summed E-state index contributed by atoms with van der Waals surface area (Å²) in [6.45, 7) is 0.188. The molecule has 2 aliphatic heterocycles. The number of benzene rings is 2. The highest BCUT2D eigenvalue weighted by atomic mass is 35.5. The largest absolute Gasteiger partial charge is 0.454 e. The Balaban J connectivity index is 1.43. The zero-order valence-electron chi connectivity index (χ0n) is 12.5. The number of carbonyl (C=O) groups excluding carboxylic acids is 1. The van der Waals surface area contributed by atoms with E-state index in [1.165, 1.54) is 0 Å². The SMILES string of the molecule is O=C(Nc1ccc2c(c1)OCO2)[C@H]1CC(c2ccccc2Cl)=NO1. The molecule has 0 radical (unpaired) electrons. The van der Waals surface area contributed by atoms with Gasteiger partial charge in [0, 0.05) is 28.8 Å². The second kappa shape index (κ2) is 6.05. The third-order valence-electron chi connectivity index (χ3n) is 3.79. The van der Waals surface area contributed by atoms with Crippen molar-refractivity contribution in [1.82, 2.24) is 0 Å². The third kappa shape index (κ3) is 2.76. The zero-order valence-corrected chi connectivity index (χ0v) is 13.2. The van der Waals surface area contributed by atoms with Gasteiger partial charge in [-0.15, -0.1) is 0 Å². The van der Waals surface area contributed by atoms with E-state index in [4.69, 9.17) is 25.9 Å². The molecule has 0 aromatic heterocycles. The summed E-state index contributed by atoms with van der Waals surface area (Å²) in [6.07, 6.45) is -0.332. The van der Waals surface area contributed by atoms with Crippen molar-refractivity contribution in [3.8, 4) is 11.5 Å². The Hall–Kier alpha value is -2.73. The molecular weight excluding hydrogens is 332 g/mol. The van der Waals surface area contributed by atoms with Gasteiger partial charge in [0.15, 0.2) is 11.5 Å². The van der Waals surface area contributed by atoms with Crippen LogP contribution in [0.3, 0.4) is 0 Å². The Bertz CT molecular complexity index is 837. The highest BCUT2D eigenvalue weighted by Crippen LogP contribution is 2.34. The van der Waals surface area contributed by atoms with Crippen LogP contribution in [0.2, 0.25) is 5.02 Å². The van der Waals surface area contributed by atoms with Crippen LogP contribution in [-0.4, -0.2) is 24.5 Å². The molecule has 0 unspecified atom stereocenters. The predicted octanol–water partition coefficient (Wildman–Crippen LogP) is 3.20. The first-order valence-corrected chi connectivity index (χ1v) is 7.76. The minimum Gasteiger partial charge on any atom is -0.454 e. The molecule has 0 fully saturated rings. The van der Waals surface area contributed by atoms with E-state index >= 15 is 0 Å². The number of carbonyl (C=O) groups is 1. The lowest BCUT2D eigenvalue weighted by atomic mass is 10.0. The lowest BCUT2D eigenvalue weighted by molar-refractivity contribution is -0.125. The number of hydrogen-bond acceptors (Lipinski definition) is 5. The van der Waals surface area contributed by atoms with Gasteiger partial charge in [-0.05, 0) is 18.2 Å². The maximum absolute atomic E-state index is 12.4. The van der Waals surface area contributed by atoms with E-state index in [0.717, 1.165) is 5.56 Å². The summed E-state index contributed by atoms with van der Waals surface area (Å²) in [5.41, 5.74) is 2.04. The molecule has 122 valence electrons. The number of oxime groups is 1. The van der Waals surface area contributed by atoms with E-state index in [9.17, 15) is 4.79 Å². The molecule has 0 bridgehead atoms. The molecule has 0 spiro atoms. The fraction of sp³-hybridized carbons (Fsp3) is 0.176. The molecule has 2 heterocycles. The summed E-state index contributed by atoms with van der Waals surface area (Å²) >= 11 is 6.15. The number of anilines is 1. The van der Waals surface area contributed by atoms with Crippen molar-refractivity contribution in [2.75, 3.05) is 12.1 Å². The lowest BCUT2D eigenvalue weighted by Crippen LogP contribution is -2.28. The first-order chi connectivity index (χ1) is 11.7. The smallest absolute Gasteiger partial charge is 0.268 e. The number of halogens is 1. The molecule has 0 aliphatic carbocycles. The Kier molecular flexibility index (Phi) is 3.74. The van der Waals surface area contributed by atoms with Gasteiger partial charge in [-0.25, -0.2) is 0 Å². The summed E-state index contributed by atoms with van der Waals surface area (Å²) in [7, 11) is 0. The van der Waals surface area contributed by atoms with Gasteiger partial charge in [0.05, 0.1) is 5.71 Å². The van der Waals surface area contributed by atoms with Gasteiger partial charge < -0.3 is 19.6 Å². The van der Waals surface area contributed by atoms with Crippen molar-refractivity contribution in [3.63, 3.8) is 0 Å². The van der Waals surface area contributed by atoms with Crippen LogP contribution in [-0.2, 0) is 9.63 Å². The standard InChI is InChI=1S/C17H13ClN2O4/c18-12-4-2-1-3-11(12)13-8-16(24-20-13)17(21)19-10-5-6-14-15(7-10)23-9-22-14/h1-7,16H,8-9H2,(H,19,21)/t16-/m1/s1. The number of nitrogens with one attached hydrogen (secondary N) is 1. The van der Waals surface area contributed by atoms with Gasteiger partial charge in [-0.3, -0.25) is 4.79 Å². The molecule has 2 aliphatic rings. The van der Waals surface area contributed by atoms with E-state index in [-0.39, 0.29) is 12.7 Å². The minimum absolute atomic E-state index is 0.188. The van der Waals surface area contributed by atoms with Crippen LogP contribution in [0.15, 0.2) is 47.6 Å². The summed E-state index contributed by atoms with van der Waals surface area (Å²) in [5, 5.41) is 7.37. The third-order valence-corrected chi connectivity index (χ3v) is 4.12. The average molecular weight is 345 g/mol. The van der Waals surface area contributed by atoms with E-state index in [0.29, 0.717) is 34.3 Å². The van der Waals surface area contributed by atoms with Gasteiger partial charge in [0.25, 0.3) is 5.91 Å². The number of rotatable bonds is 3. The number of ether oxygens (including phenoxy) is 2. The van der Waals surface area contributed by atoms with Gasteiger partial charge in [-0.2, -0.15) is 0 Å². The Morgan fingerprint density at radius 1 is 1.17 bits per heavy atom. The summed E-state index contributed by atoms with van der Waals surface area (Å²) in [6, 6.07) is 12.5. The van der Waals surface area contributed by atoms with E-state index < -0.39 is 6.10 Å². The molecule has 4 rings (SSSR count). The number of hydrogen-bond donors (Lipinski definition) is 1. The second-order valence-electron chi connectivity index (χ2n) is 5.37. The maximum atomic E-state index is 12.4. The Labute approximate surface area is 143 Å². The number of nitrogens with zero attached hydrogens (tertiary/aromatic N) is 1. The molecule has 2 aromatic carbocycles. The van der Waals surface area contributed by atoms with Crippen LogP contribution in [0.1, 0.15) is 12.0 Å². The van der Waals surface area contributed by atoms with Crippen LogP contribution in [0.4, 0.5) is 5.69 Å². The van der Waals surface area contributed by atoms with Gasteiger partial charge in [0.2, 0.25) is 12.9 Å². The highest BCUT2D eigenvalue weighted by Gasteiger charge is 2.30. The summed E-state index contributed by atoms with van der Waals surface area (Å²) in [5.74, 6) is 0.988. The highest BCUT2D eigenvalue weighted by molar-refractivity contribution is 6.34. The van der Waals surface area contributed by atoms with Crippen LogP contribution in [0, 0.1) is 0 Å². The van der Waals surface area contributed by atoms with Crippen molar-refractivity contribution in [2.45, 2.75) is 12.5 Å². The summed E-state index contributed by atoms with van der Waals surface area (Å²) < 4.78 is 10.5. The van der Waals surface area contributed by atoms with Crippen LogP contribution < -0.4 is 14.8 Å². The topological polar surface area (TPSA) is 69.2 Å². The van der Waals surface area contributed by atoms with E-state index in [1.54, 1.807) is 24.3 Å². The molecular formula is C17H13ClN2O4. The Morgan fingerprint density at radius 2 is 2.00 bits per heavy atom. The minimum atomic E-state index is -0.693. The zero-order chi connectivity index (χ0) is 16.5. The lowest BCUT2D eigenvalue weighted by Gasteiger charge is -2.10. The van der Waals surface area contributed by atoms with E-state index in [1.807, 2.05) is 18.2 Å². The quantitative estimate of drug-likeness (QED) is 0.928. The molecule has 7 heteroatoms. The fourth-order valence-corrected chi connectivity index (χ4v) is 2.81.